The summed E-state index contributed by atoms with van der Waals surface area (Å²) in [7, 11) is 1.60. The van der Waals surface area contributed by atoms with Crippen LogP contribution < -0.4 is 10.6 Å². The van der Waals surface area contributed by atoms with Gasteiger partial charge in [0.15, 0.2) is 0 Å². The molecule has 130 valence electrons. The van der Waals surface area contributed by atoms with Crippen molar-refractivity contribution in [2.24, 2.45) is 0 Å². The second-order valence-corrected chi connectivity index (χ2v) is 5.97. The first-order valence-electron chi connectivity index (χ1n) is 8.43. The van der Waals surface area contributed by atoms with Gasteiger partial charge in [0.05, 0.1) is 0 Å². The number of aryl methyl sites for hydroxylation is 1. The van der Waals surface area contributed by atoms with Gasteiger partial charge in [-0.1, -0.05) is 42.5 Å². The third-order valence-electron chi connectivity index (χ3n) is 3.92. The van der Waals surface area contributed by atoms with Crippen LogP contribution in [0.5, 0.6) is 0 Å². The number of benzene rings is 2. The minimum Gasteiger partial charge on any atom is -0.355 e. The Morgan fingerprint density at radius 2 is 1.72 bits per heavy atom. The van der Waals surface area contributed by atoms with Gasteiger partial charge in [0.25, 0.3) is 5.91 Å². The predicted octanol–water partition coefficient (Wildman–Crippen LogP) is 3.20. The van der Waals surface area contributed by atoms with Gasteiger partial charge in [-0.15, -0.1) is 0 Å². The van der Waals surface area contributed by atoms with E-state index >= 15 is 0 Å². The molecule has 2 N–H and O–H groups in total. The van der Waals surface area contributed by atoms with E-state index in [1.807, 2.05) is 37.3 Å². The van der Waals surface area contributed by atoms with E-state index in [9.17, 15) is 9.59 Å². The van der Waals surface area contributed by atoms with Crippen molar-refractivity contribution >= 4 is 17.9 Å². The van der Waals surface area contributed by atoms with E-state index < -0.39 is 0 Å². The molecule has 2 aromatic rings. The van der Waals surface area contributed by atoms with Gasteiger partial charge in [-0.25, -0.2) is 0 Å². The molecule has 0 bridgehead atoms. The maximum Gasteiger partial charge on any atom is 0.251 e. The van der Waals surface area contributed by atoms with Crippen molar-refractivity contribution < 1.29 is 9.59 Å². The average Bonchev–Trinajstić information content (AvgIpc) is 2.65. The topological polar surface area (TPSA) is 58.2 Å². The molecule has 0 aliphatic carbocycles. The van der Waals surface area contributed by atoms with E-state index in [0.29, 0.717) is 5.56 Å². The Labute approximate surface area is 149 Å². The van der Waals surface area contributed by atoms with E-state index in [1.165, 1.54) is 11.6 Å². The highest BCUT2D eigenvalue weighted by atomic mass is 16.2. The average molecular weight is 336 g/mol. The Balaban J connectivity index is 1.80. The van der Waals surface area contributed by atoms with Gasteiger partial charge in [0.2, 0.25) is 5.91 Å². The van der Waals surface area contributed by atoms with E-state index in [1.54, 1.807) is 25.3 Å². The number of hydrogen-bond donors (Lipinski definition) is 2. The number of amides is 2. The first kappa shape index (κ1) is 18.5. The Morgan fingerprint density at radius 3 is 2.36 bits per heavy atom. The van der Waals surface area contributed by atoms with Crippen LogP contribution in [0.4, 0.5) is 0 Å². The molecular weight excluding hydrogens is 312 g/mol. The molecule has 25 heavy (non-hydrogen) atoms. The van der Waals surface area contributed by atoms with E-state index in [-0.39, 0.29) is 17.9 Å². The molecule has 2 rings (SSSR count). The van der Waals surface area contributed by atoms with Gasteiger partial charge in [-0.05, 0) is 49.1 Å². The van der Waals surface area contributed by atoms with Crippen molar-refractivity contribution in [3.05, 3.63) is 77.4 Å². The molecule has 1 atom stereocenters. The molecule has 0 aliphatic heterocycles. The van der Waals surface area contributed by atoms with Crippen molar-refractivity contribution in [1.29, 1.82) is 0 Å². The van der Waals surface area contributed by atoms with Gasteiger partial charge in [-0.3, -0.25) is 9.59 Å². The van der Waals surface area contributed by atoms with Crippen LogP contribution >= 0.6 is 0 Å². The Bertz CT molecular complexity index is 721. The van der Waals surface area contributed by atoms with Crippen LogP contribution in [0, 0.1) is 0 Å². The fourth-order valence-electron chi connectivity index (χ4n) is 2.45. The van der Waals surface area contributed by atoms with Gasteiger partial charge in [0, 0.05) is 24.7 Å². The summed E-state index contributed by atoms with van der Waals surface area (Å²) < 4.78 is 0. The monoisotopic (exact) mass is 336 g/mol. The zero-order valence-corrected chi connectivity index (χ0v) is 14.7. The van der Waals surface area contributed by atoms with E-state index in [4.69, 9.17) is 0 Å². The van der Waals surface area contributed by atoms with Crippen molar-refractivity contribution in [2.45, 2.75) is 25.8 Å². The predicted molar refractivity (Wildman–Crippen MR) is 101 cm³/mol. The molecule has 2 amide bonds. The number of carbonyl (C=O) groups is 2. The molecule has 0 saturated carbocycles. The minimum atomic E-state index is -0.125. The summed E-state index contributed by atoms with van der Waals surface area (Å²) in [6.07, 6.45) is 5.10. The summed E-state index contributed by atoms with van der Waals surface area (Å²) in [6, 6.07) is 17.4. The molecule has 0 aromatic heterocycles. The summed E-state index contributed by atoms with van der Waals surface area (Å²) in [4.78, 5) is 23.5. The lowest BCUT2D eigenvalue weighted by Crippen LogP contribution is -2.31. The minimum absolute atomic E-state index is 0.105. The maximum absolute atomic E-state index is 12.0. The summed E-state index contributed by atoms with van der Waals surface area (Å²) in [5.41, 5.74) is 2.74. The second kappa shape index (κ2) is 9.42. The number of carbonyl (C=O) groups excluding carboxylic acids is 2. The summed E-state index contributed by atoms with van der Waals surface area (Å²) in [6.45, 7) is 2.01. The summed E-state index contributed by atoms with van der Waals surface area (Å²) in [5, 5.41) is 5.54. The summed E-state index contributed by atoms with van der Waals surface area (Å²) in [5.74, 6) is -0.239. The molecule has 0 heterocycles. The smallest absolute Gasteiger partial charge is 0.251 e. The van der Waals surface area contributed by atoms with Crippen LogP contribution in [0.3, 0.4) is 0 Å². The molecule has 4 nitrogen and oxygen atoms in total. The van der Waals surface area contributed by atoms with Crippen molar-refractivity contribution in [1.82, 2.24) is 10.6 Å². The maximum atomic E-state index is 12.0. The highest BCUT2D eigenvalue weighted by molar-refractivity contribution is 5.94. The first-order chi connectivity index (χ1) is 12.1. The lowest BCUT2D eigenvalue weighted by Gasteiger charge is -2.12. The van der Waals surface area contributed by atoms with Crippen LogP contribution in [0.25, 0.3) is 6.08 Å². The quantitative estimate of drug-likeness (QED) is 0.763. The third-order valence-corrected chi connectivity index (χ3v) is 3.92. The van der Waals surface area contributed by atoms with Crippen molar-refractivity contribution in [3.8, 4) is 0 Å². The van der Waals surface area contributed by atoms with E-state index in [2.05, 4.69) is 22.8 Å². The summed E-state index contributed by atoms with van der Waals surface area (Å²) >= 11 is 0. The van der Waals surface area contributed by atoms with Gasteiger partial charge < -0.3 is 10.6 Å². The standard InChI is InChI=1S/C21H24N2O2/c1-16(8-9-17-6-4-3-5-7-17)23-20(24)15-12-18-10-13-19(14-11-18)21(25)22-2/h3-7,10-16H,8-9H2,1-2H3,(H,22,25)(H,23,24)/b15-12+. The lowest BCUT2D eigenvalue weighted by atomic mass is 10.1. The van der Waals surface area contributed by atoms with E-state index in [0.717, 1.165) is 18.4 Å². The molecule has 0 aliphatic rings. The van der Waals surface area contributed by atoms with Crippen molar-refractivity contribution in [2.75, 3.05) is 7.05 Å². The largest absolute Gasteiger partial charge is 0.355 e. The van der Waals surface area contributed by atoms with Crippen LogP contribution in [0.2, 0.25) is 0 Å². The molecular formula is C21H24N2O2. The molecule has 0 fully saturated rings. The lowest BCUT2D eigenvalue weighted by molar-refractivity contribution is -0.117. The zero-order valence-electron chi connectivity index (χ0n) is 14.7. The Hall–Kier alpha value is -2.88. The molecule has 4 heteroatoms. The van der Waals surface area contributed by atoms with Gasteiger partial charge in [0.1, 0.15) is 0 Å². The first-order valence-corrected chi connectivity index (χ1v) is 8.43. The normalized spacial score (nSPS) is 11.9. The zero-order chi connectivity index (χ0) is 18.1. The SMILES string of the molecule is CNC(=O)c1ccc(/C=C/C(=O)NC(C)CCc2ccccc2)cc1. The fourth-order valence-corrected chi connectivity index (χ4v) is 2.45. The van der Waals surface area contributed by atoms with Crippen LogP contribution in [0.1, 0.15) is 34.8 Å². The Kier molecular flexibility index (Phi) is 6.96. The number of rotatable bonds is 7. The van der Waals surface area contributed by atoms with Crippen LogP contribution in [-0.2, 0) is 11.2 Å². The second-order valence-electron chi connectivity index (χ2n) is 5.97. The van der Waals surface area contributed by atoms with Gasteiger partial charge >= 0.3 is 0 Å². The van der Waals surface area contributed by atoms with Crippen LogP contribution in [0.15, 0.2) is 60.7 Å². The molecule has 2 aromatic carbocycles. The fraction of sp³-hybridized carbons (Fsp3) is 0.238. The number of nitrogens with one attached hydrogen (secondary N) is 2. The molecule has 0 spiro atoms. The van der Waals surface area contributed by atoms with Crippen molar-refractivity contribution in [3.63, 3.8) is 0 Å². The highest BCUT2D eigenvalue weighted by Gasteiger charge is 2.05. The van der Waals surface area contributed by atoms with Crippen LogP contribution in [-0.4, -0.2) is 24.9 Å². The Morgan fingerprint density at radius 1 is 1.04 bits per heavy atom. The third kappa shape index (κ3) is 6.26. The number of hydrogen-bond acceptors (Lipinski definition) is 2. The molecule has 0 radical (unpaired) electrons. The van der Waals surface area contributed by atoms with Gasteiger partial charge in [-0.2, -0.15) is 0 Å². The molecule has 1 unspecified atom stereocenters. The molecule has 0 saturated heterocycles. The highest BCUT2D eigenvalue weighted by Crippen LogP contribution is 2.07.